The largest absolute Gasteiger partial charge is 0.481 e. The van der Waals surface area contributed by atoms with Gasteiger partial charge >= 0.3 is 0 Å². The van der Waals surface area contributed by atoms with Gasteiger partial charge in [-0.25, -0.2) is 14.3 Å². The number of anilines is 3. The summed E-state index contributed by atoms with van der Waals surface area (Å²) in [5, 5.41) is 3.67. The molecule has 252 valence electrons. The maximum atomic E-state index is 13.2. The van der Waals surface area contributed by atoms with Gasteiger partial charge in [0.1, 0.15) is 5.39 Å². The summed E-state index contributed by atoms with van der Waals surface area (Å²) in [6, 6.07) is 13.6. The number of unbranched alkanes of at least 4 members (excludes halogenated alkanes) is 1. The second kappa shape index (κ2) is 17.6. The number of rotatable bonds is 19. The lowest BCUT2D eigenvalue weighted by molar-refractivity contribution is 0.00995. The van der Waals surface area contributed by atoms with Crippen LogP contribution in [0.1, 0.15) is 19.8 Å². The average Bonchev–Trinajstić information content (AvgIpc) is 3.38. The molecule has 1 saturated heterocycles. The standard InChI is InChI=1S/C34H46N8O5/c1-4-6-20-45-22-24-47-25-23-46-21-19-39-15-17-40(18-16-39)28-12-10-27(11-13-28)36-34-35-26-29-32(38-34)42(41(14-5-2)33(29)43)30-8-7-9-31(37-30)44-3/h5,7-13,26H,2,4,6,14-25H2,1,3H3,(H,35,36,38). The monoisotopic (exact) mass is 646 g/mol. The predicted molar refractivity (Wildman–Crippen MR) is 183 cm³/mol. The third-order valence-electron chi connectivity index (χ3n) is 7.91. The second-order valence-electron chi connectivity index (χ2n) is 11.1. The molecule has 1 aromatic carbocycles. The minimum atomic E-state index is -0.225. The number of allylic oxidation sites excluding steroid dienone is 1. The SMILES string of the molecule is C=CCn1c(=O)c2cnc(Nc3ccc(N4CCN(CCOCCOCCOCCCC)CC4)cc3)nc2n1-c1cccc(OC)n1. The molecule has 3 aromatic heterocycles. The van der Waals surface area contributed by atoms with Crippen LogP contribution in [0.2, 0.25) is 0 Å². The Hall–Kier alpha value is -4.30. The smallest absolute Gasteiger partial charge is 0.278 e. The number of nitrogens with zero attached hydrogens (tertiary/aromatic N) is 7. The molecule has 0 amide bonds. The molecule has 13 nitrogen and oxygen atoms in total. The van der Waals surface area contributed by atoms with Crippen LogP contribution in [-0.2, 0) is 20.8 Å². The molecule has 0 atom stereocenters. The number of benzene rings is 1. The average molecular weight is 647 g/mol. The van der Waals surface area contributed by atoms with Crippen LogP contribution in [0, 0.1) is 0 Å². The minimum absolute atomic E-state index is 0.225. The highest BCUT2D eigenvalue weighted by atomic mass is 16.5. The van der Waals surface area contributed by atoms with E-state index in [1.165, 1.54) is 4.68 Å². The van der Waals surface area contributed by atoms with Crippen molar-refractivity contribution in [2.75, 3.05) is 89.7 Å². The fourth-order valence-electron chi connectivity index (χ4n) is 5.34. The van der Waals surface area contributed by atoms with Crippen LogP contribution in [0.4, 0.5) is 17.3 Å². The van der Waals surface area contributed by atoms with Gasteiger partial charge in [0.25, 0.3) is 5.56 Å². The lowest BCUT2D eigenvalue weighted by Gasteiger charge is -2.36. The van der Waals surface area contributed by atoms with Crippen LogP contribution in [0.15, 0.2) is 66.1 Å². The second-order valence-corrected chi connectivity index (χ2v) is 11.1. The summed E-state index contributed by atoms with van der Waals surface area (Å²) in [4.78, 5) is 31.7. The number of piperazine rings is 1. The number of hydrogen-bond donors (Lipinski definition) is 1. The first-order valence-electron chi connectivity index (χ1n) is 16.3. The van der Waals surface area contributed by atoms with Gasteiger partial charge in [-0.05, 0) is 36.8 Å². The van der Waals surface area contributed by atoms with E-state index in [0.717, 1.165) is 63.5 Å². The number of nitrogens with one attached hydrogen (secondary N) is 1. The number of pyridine rings is 1. The Kier molecular flexibility index (Phi) is 12.7. The summed E-state index contributed by atoms with van der Waals surface area (Å²) in [6.07, 6.45) is 5.45. The molecular formula is C34H46N8O5. The van der Waals surface area contributed by atoms with Crippen LogP contribution >= 0.6 is 0 Å². The van der Waals surface area contributed by atoms with Crippen molar-refractivity contribution >= 4 is 28.4 Å². The Morgan fingerprint density at radius 3 is 2.34 bits per heavy atom. The first kappa shape index (κ1) is 34.0. The Labute approximate surface area is 275 Å². The van der Waals surface area contributed by atoms with E-state index in [-0.39, 0.29) is 12.1 Å². The van der Waals surface area contributed by atoms with Crippen molar-refractivity contribution in [3.63, 3.8) is 0 Å². The highest BCUT2D eigenvalue weighted by Crippen LogP contribution is 2.23. The molecule has 4 heterocycles. The Morgan fingerprint density at radius 2 is 1.64 bits per heavy atom. The maximum absolute atomic E-state index is 13.2. The van der Waals surface area contributed by atoms with E-state index in [2.05, 4.69) is 50.7 Å². The van der Waals surface area contributed by atoms with E-state index in [0.29, 0.717) is 61.7 Å². The topological polar surface area (TPSA) is 121 Å². The zero-order valence-electron chi connectivity index (χ0n) is 27.5. The van der Waals surface area contributed by atoms with Crippen molar-refractivity contribution in [2.24, 2.45) is 0 Å². The summed E-state index contributed by atoms with van der Waals surface area (Å²) in [6.45, 7) is 15.0. The predicted octanol–water partition coefficient (Wildman–Crippen LogP) is 3.89. The van der Waals surface area contributed by atoms with Gasteiger partial charge in [-0.15, -0.1) is 6.58 Å². The summed E-state index contributed by atoms with van der Waals surface area (Å²) in [5.74, 6) is 1.31. The number of methoxy groups -OCH3 is 1. The fourth-order valence-corrected chi connectivity index (χ4v) is 5.34. The maximum Gasteiger partial charge on any atom is 0.278 e. The summed E-state index contributed by atoms with van der Waals surface area (Å²) in [5.41, 5.74) is 2.22. The molecule has 4 aromatic rings. The third kappa shape index (κ3) is 9.16. The molecule has 1 aliphatic rings. The van der Waals surface area contributed by atoms with Crippen molar-refractivity contribution in [2.45, 2.75) is 26.3 Å². The highest BCUT2D eigenvalue weighted by molar-refractivity contribution is 5.77. The third-order valence-corrected chi connectivity index (χ3v) is 7.91. The molecule has 0 radical (unpaired) electrons. The first-order valence-corrected chi connectivity index (χ1v) is 16.3. The lowest BCUT2D eigenvalue weighted by Crippen LogP contribution is -2.47. The van der Waals surface area contributed by atoms with Gasteiger partial charge in [0.15, 0.2) is 11.5 Å². The summed E-state index contributed by atoms with van der Waals surface area (Å²) >= 11 is 0. The van der Waals surface area contributed by atoms with E-state index >= 15 is 0 Å². The van der Waals surface area contributed by atoms with Gasteiger partial charge in [-0.3, -0.25) is 9.69 Å². The molecule has 0 aliphatic carbocycles. The van der Waals surface area contributed by atoms with Crippen molar-refractivity contribution in [3.05, 3.63) is 71.7 Å². The van der Waals surface area contributed by atoms with Gasteiger partial charge in [0, 0.05) is 63.0 Å². The molecule has 1 aliphatic heterocycles. The summed E-state index contributed by atoms with van der Waals surface area (Å²) < 4.78 is 25.3. The Balaban J connectivity index is 1.11. The van der Waals surface area contributed by atoms with Crippen LogP contribution in [0.25, 0.3) is 16.9 Å². The molecule has 47 heavy (non-hydrogen) atoms. The minimum Gasteiger partial charge on any atom is -0.481 e. The van der Waals surface area contributed by atoms with Crippen LogP contribution in [-0.4, -0.2) is 109 Å². The van der Waals surface area contributed by atoms with Crippen molar-refractivity contribution in [1.82, 2.24) is 29.2 Å². The zero-order chi connectivity index (χ0) is 32.8. The number of fused-ring (bicyclic) bond motifs is 1. The van der Waals surface area contributed by atoms with E-state index in [1.807, 2.05) is 18.2 Å². The molecular weight excluding hydrogens is 600 g/mol. The van der Waals surface area contributed by atoms with E-state index < -0.39 is 0 Å². The number of ether oxygens (including phenoxy) is 4. The molecule has 0 unspecified atom stereocenters. The molecule has 1 N–H and O–H groups in total. The van der Waals surface area contributed by atoms with Crippen LogP contribution in [0.3, 0.4) is 0 Å². The van der Waals surface area contributed by atoms with E-state index in [9.17, 15) is 4.79 Å². The molecule has 13 heteroatoms. The van der Waals surface area contributed by atoms with Crippen molar-refractivity contribution in [3.8, 4) is 11.7 Å². The zero-order valence-corrected chi connectivity index (χ0v) is 27.5. The highest BCUT2D eigenvalue weighted by Gasteiger charge is 2.19. The Bertz CT molecular complexity index is 1620. The summed E-state index contributed by atoms with van der Waals surface area (Å²) in [7, 11) is 1.55. The molecule has 5 rings (SSSR count). The van der Waals surface area contributed by atoms with Crippen LogP contribution < -0.4 is 20.5 Å². The van der Waals surface area contributed by atoms with Gasteiger partial charge in [-0.1, -0.05) is 25.5 Å². The van der Waals surface area contributed by atoms with Crippen LogP contribution in [0.5, 0.6) is 5.88 Å². The molecule has 0 bridgehead atoms. The van der Waals surface area contributed by atoms with Gasteiger partial charge in [0.05, 0.1) is 46.7 Å². The van der Waals surface area contributed by atoms with Gasteiger partial charge in [-0.2, -0.15) is 9.97 Å². The van der Waals surface area contributed by atoms with E-state index in [4.69, 9.17) is 23.9 Å². The quantitative estimate of drug-likeness (QED) is 0.118. The van der Waals surface area contributed by atoms with Gasteiger partial charge < -0.3 is 29.2 Å². The number of hydrogen-bond acceptors (Lipinski definition) is 11. The fraction of sp³-hybridized carbons (Fsp3) is 0.471. The Morgan fingerprint density at radius 1 is 0.915 bits per heavy atom. The van der Waals surface area contributed by atoms with Gasteiger partial charge in [0.2, 0.25) is 11.8 Å². The van der Waals surface area contributed by atoms with Crippen molar-refractivity contribution < 1.29 is 18.9 Å². The molecule has 0 spiro atoms. The normalized spacial score (nSPS) is 13.7. The molecule has 1 fully saturated rings. The first-order chi connectivity index (χ1) is 23.1. The molecule has 0 saturated carbocycles. The lowest BCUT2D eigenvalue weighted by atomic mass is 10.2. The van der Waals surface area contributed by atoms with E-state index in [1.54, 1.807) is 36.2 Å². The number of aromatic nitrogens is 5. The van der Waals surface area contributed by atoms with Crippen molar-refractivity contribution in [1.29, 1.82) is 0 Å².